The molecule has 0 saturated heterocycles. The van der Waals surface area contributed by atoms with Crippen molar-refractivity contribution in [3.05, 3.63) is 24.8 Å². The van der Waals surface area contributed by atoms with E-state index in [1.807, 2.05) is 23.9 Å². The summed E-state index contributed by atoms with van der Waals surface area (Å²) in [6.07, 6.45) is 5.55. The first-order valence-electron chi connectivity index (χ1n) is 3.60. The van der Waals surface area contributed by atoms with Crippen LogP contribution in [0, 0.1) is 6.92 Å². The second kappa shape index (κ2) is 5.53. The van der Waals surface area contributed by atoms with E-state index in [0.717, 1.165) is 12.9 Å². The van der Waals surface area contributed by atoms with Crippen molar-refractivity contribution in [2.75, 3.05) is 7.11 Å². The normalized spacial score (nSPS) is 10.2. The Morgan fingerprint density at radius 1 is 1.71 bits per heavy atom. The van der Waals surface area contributed by atoms with E-state index in [-0.39, 0.29) is 0 Å². The fourth-order valence-electron chi connectivity index (χ4n) is 0.622. The second-order valence-electron chi connectivity index (χ2n) is 2.21. The predicted octanol–water partition coefficient (Wildman–Crippen LogP) is -0.196. The van der Waals surface area contributed by atoms with E-state index in [4.69, 9.17) is 0 Å². The monoisotopic (exact) mass is 220 g/mol. The molecule has 0 unspecified atom stereocenters. The minimum absolute atomic E-state index is 0.808. The molecule has 1 aromatic rings. The van der Waals surface area contributed by atoms with Gasteiger partial charge in [0.2, 0.25) is 10.4 Å². The first-order chi connectivity index (χ1) is 6.40. The van der Waals surface area contributed by atoms with Crippen LogP contribution in [0.2, 0.25) is 0 Å². The number of aryl methyl sites for hydroxylation is 1. The van der Waals surface area contributed by atoms with Crippen molar-refractivity contribution in [3.8, 4) is 0 Å². The second-order valence-corrected chi connectivity index (χ2v) is 3.36. The van der Waals surface area contributed by atoms with Gasteiger partial charge >= 0.3 is 0 Å². The lowest BCUT2D eigenvalue weighted by Gasteiger charge is -1.98. The Bertz CT molecular complexity index is 382. The van der Waals surface area contributed by atoms with Gasteiger partial charge in [-0.25, -0.2) is 18.0 Å². The first kappa shape index (κ1) is 12.8. The lowest BCUT2D eigenvalue weighted by molar-refractivity contribution is -0.573. The van der Waals surface area contributed by atoms with Crippen LogP contribution in [0.1, 0.15) is 5.82 Å². The SMILES string of the molecule is C=C[n+]1cc[nH]c1C.COS(=O)(=O)[O-]. The third-order valence-corrected chi connectivity index (χ3v) is 1.72. The van der Waals surface area contributed by atoms with Crippen LogP contribution < -0.4 is 4.57 Å². The molecule has 6 nitrogen and oxygen atoms in total. The van der Waals surface area contributed by atoms with Gasteiger partial charge in [0, 0.05) is 6.92 Å². The maximum absolute atomic E-state index is 9.22. The zero-order valence-corrected chi connectivity index (χ0v) is 8.74. The van der Waals surface area contributed by atoms with Gasteiger partial charge in [-0.05, 0) is 0 Å². The number of rotatable bonds is 2. The van der Waals surface area contributed by atoms with E-state index < -0.39 is 10.4 Å². The minimum atomic E-state index is -4.41. The largest absolute Gasteiger partial charge is 0.726 e. The molecule has 0 amide bonds. The number of imidazole rings is 1. The minimum Gasteiger partial charge on any atom is -0.726 e. The molecule has 1 rings (SSSR count). The van der Waals surface area contributed by atoms with Crippen LogP contribution in [0.3, 0.4) is 0 Å². The third-order valence-electron chi connectivity index (χ3n) is 1.32. The first-order valence-corrected chi connectivity index (χ1v) is 4.93. The summed E-state index contributed by atoms with van der Waals surface area (Å²) in [5.74, 6) is 1.10. The van der Waals surface area contributed by atoms with E-state index >= 15 is 0 Å². The van der Waals surface area contributed by atoms with E-state index in [9.17, 15) is 13.0 Å². The average Bonchev–Trinajstić information content (AvgIpc) is 2.51. The van der Waals surface area contributed by atoms with Gasteiger partial charge in [0.25, 0.3) is 5.82 Å². The summed E-state index contributed by atoms with van der Waals surface area (Å²) in [6, 6.07) is 0. The van der Waals surface area contributed by atoms with Crippen LogP contribution >= 0.6 is 0 Å². The summed E-state index contributed by atoms with van der Waals surface area (Å²) in [7, 11) is -3.60. The molecule has 1 heterocycles. The van der Waals surface area contributed by atoms with Gasteiger partial charge in [-0.1, -0.05) is 6.58 Å². The van der Waals surface area contributed by atoms with Crippen molar-refractivity contribution in [1.29, 1.82) is 0 Å². The highest BCUT2D eigenvalue weighted by molar-refractivity contribution is 7.80. The maximum Gasteiger partial charge on any atom is 0.255 e. The smallest absolute Gasteiger partial charge is 0.255 e. The van der Waals surface area contributed by atoms with Gasteiger partial charge < -0.3 is 4.55 Å². The molecular weight excluding hydrogens is 208 g/mol. The Morgan fingerprint density at radius 2 is 2.21 bits per heavy atom. The molecule has 1 aromatic heterocycles. The number of H-pyrrole nitrogens is 1. The molecule has 0 aliphatic carbocycles. The quantitative estimate of drug-likeness (QED) is 0.425. The third kappa shape index (κ3) is 5.46. The zero-order valence-electron chi connectivity index (χ0n) is 7.93. The lowest BCUT2D eigenvalue weighted by atomic mass is 10.7. The number of hydrogen-bond acceptors (Lipinski definition) is 4. The van der Waals surface area contributed by atoms with E-state index in [0.29, 0.717) is 0 Å². The molecule has 0 atom stereocenters. The molecule has 0 aliphatic heterocycles. The Kier molecular flexibility index (Phi) is 5.06. The molecule has 0 aliphatic rings. The van der Waals surface area contributed by atoms with Crippen LogP contribution in [-0.4, -0.2) is 25.1 Å². The molecule has 80 valence electrons. The molecule has 7 heteroatoms. The Labute approximate surface area is 82.8 Å². The molecule has 0 saturated carbocycles. The highest BCUT2D eigenvalue weighted by Crippen LogP contribution is 1.79. The summed E-state index contributed by atoms with van der Waals surface area (Å²) < 4.78 is 32.9. The number of nitrogens with zero attached hydrogens (tertiary/aromatic N) is 1. The van der Waals surface area contributed by atoms with Crippen LogP contribution in [0.15, 0.2) is 19.0 Å². The van der Waals surface area contributed by atoms with Crippen LogP contribution in [0.5, 0.6) is 0 Å². The van der Waals surface area contributed by atoms with Crippen LogP contribution in [0.25, 0.3) is 6.20 Å². The average molecular weight is 220 g/mol. The van der Waals surface area contributed by atoms with Crippen molar-refractivity contribution >= 4 is 16.6 Å². The zero-order chi connectivity index (χ0) is 11.2. The molecule has 1 N–H and O–H groups in total. The van der Waals surface area contributed by atoms with E-state index in [1.54, 1.807) is 6.20 Å². The Hall–Kier alpha value is -1.18. The fourth-order valence-corrected chi connectivity index (χ4v) is 0.622. The van der Waals surface area contributed by atoms with Gasteiger partial charge in [-0.3, -0.25) is 4.18 Å². The van der Waals surface area contributed by atoms with E-state index in [2.05, 4.69) is 15.7 Å². The van der Waals surface area contributed by atoms with Gasteiger partial charge in [-0.2, -0.15) is 0 Å². The number of aromatic amines is 1. The Morgan fingerprint density at radius 3 is 2.36 bits per heavy atom. The van der Waals surface area contributed by atoms with Gasteiger partial charge in [0.1, 0.15) is 12.4 Å². The Balaban J connectivity index is 0.000000255. The van der Waals surface area contributed by atoms with Crippen molar-refractivity contribution < 1.29 is 21.7 Å². The van der Waals surface area contributed by atoms with Crippen molar-refractivity contribution in [2.45, 2.75) is 6.92 Å². The predicted molar refractivity (Wildman–Crippen MR) is 48.8 cm³/mol. The van der Waals surface area contributed by atoms with Crippen molar-refractivity contribution in [3.63, 3.8) is 0 Å². The summed E-state index contributed by atoms with van der Waals surface area (Å²) in [6.45, 7) is 5.59. The molecule has 0 fully saturated rings. The highest BCUT2D eigenvalue weighted by Gasteiger charge is 1.95. The summed E-state index contributed by atoms with van der Waals surface area (Å²) in [5, 5.41) is 0. The van der Waals surface area contributed by atoms with Crippen molar-refractivity contribution in [2.24, 2.45) is 0 Å². The summed E-state index contributed by atoms with van der Waals surface area (Å²) >= 11 is 0. The molecule has 0 bridgehead atoms. The fraction of sp³-hybridized carbons (Fsp3) is 0.286. The number of hydrogen-bond donors (Lipinski definition) is 1. The van der Waals surface area contributed by atoms with E-state index in [1.165, 1.54) is 0 Å². The summed E-state index contributed by atoms with van der Waals surface area (Å²) in [4.78, 5) is 3.01. The molecule has 0 radical (unpaired) electrons. The maximum atomic E-state index is 9.22. The lowest BCUT2D eigenvalue weighted by Crippen LogP contribution is -2.25. The molecule has 0 aromatic carbocycles. The molecule has 14 heavy (non-hydrogen) atoms. The van der Waals surface area contributed by atoms with Gasteiger partial charge in [-0.15, -0.1) is 0 Å². The highest BCUT2D eigenvalue weighted by atomic mass is 32.3. The topological polar surface area (TPSA) is 86.1 Å². The number of nitrogens with one attached hydrogen (secondary N) is 1. The van der Waals surface area contributed by atoms with Crippen molar-refractivity contribution in [1.82, 2.24) is 4.98 Å². The van der Waals surface area contributed by atoms with Gasteiger partial charge in [0.15, 0.2) is 0 Å². The molecule has 0 spiro atoms. The summed E-state index contributed by atoms with van der Waals surface area (Å²) in [5.41, 5.74) is 0. The van der Waals surface area contributed by atoms with Crippen LogP contribution in [0.4, 0.5) is 0 Å². The van der Waals surface area contributed by atoms with Crippen LogP contribution in [-0.2, 0) is 14.6 Å². The van der Waals surface area contributed by atoms with Gasteiger partial charge in [0.05, 0.1) is 13.3 Å². The molecular formula is C7H12N2O4S. The number of aromatic nitrogens is 2. The standard InChI is InChI=1S/C6H8N2.CH4O4S/c1-3-8-5-4-7-6(8)2;1-5-6(2,3)4/h3-5H,1H2,2H3;1H3,(H,2,3,4).